The molecular weight excluding hydrogens is 364 g/mol. The van der Waals surface area contributed by atoms with Gasteiger partial charge in [-0.15, -0.1) is 0 Å². The Balaban J connectivity index is 4.77. The van der Waals surface area contributed by atoms with E-state index in [4.69, 9.17) is 14.2 Å². The first-order valence-corrected chi connectivity index (χ1v) is 10.5. The van der Waals surface area contributed by atoms with Gasteiger partial charge in [-0.3, -0.25) is 14.4 Å². The van der Waals surface area contributed by atoms with E-state index >= 15 is 0 Å². The maximum absolute atomic E-state index is 12.4. The van der Waals surface area contributed by atoms with Crippen LogP contribution in [-0.2, 0) is 28.6 Å². The molecule has 28 heavy (non-hydrogen) atoms. The second-order valence-corrected chi connectivity index (χ2v) is 7.21. The summed E-state index contributed by atoms with van der Waals surface area (Å²) in [6, 6.07) is 0. The molecule has 3 atom stereocenters. The molecule has 0 radical (unpaired) electrons. The van der Waals surface area contributed by atoms with Gasteiger partial charge in [0.2, 0.25) is 0 Å². The van der Waals surface area contributed by atoms with Crippen LogP contribution in [0.4, 0.5) is 0 Å². The number of aliphatic hydroxyl groups excluding tert-OH is 1. The first kappa shape index (κ1) is 26.4. The number of ether oxygens (including phenoxy) is 3. The number of unbranched alkanes of at least 4 members (excludes halogenated alkanes) is 4. The van der Waals surface area contributed by atoms with E-state index in [9.17, 15) is 19.5 Å². The van der Waals surface area contributed by atoms with Crippen LogP contribution in [0.1, 0.15) is 79.1 Å². The SMILES string of the molecule is CCCCCOC(=O)CC(C(=O)OCCC(C)O)C(C)C(=O)OCCCCC. The second-order valence-electron chi connectivity index (χ2n) is 7.21. The third-order valence-electron chi connectivity index (χ3n) is 4.45. The van der Waals surface area contributed by atoms with Crippen molar-refractivity contribution < 1.29 is 33.7 Å². The van der Waals surface area contributed by atoms with Gasteiger partial charge in [0, 0.05) is 6.42 Å². The molecule has 0 saturated carbocycles. The molecule has 0 heterocycles. The zero-order valence-electron chi connectivity index (χ0n) is 17.9. The molecule has 0 aliphatic heterocycles. The molecule has 0 bridgehead atoms. The van der Waals surface area contributed by atoms with Crippen LogP contribution >= 0.6 is 0 Å². The predicted octanol–water partition coefficient (Wildman–Crippen LogP) is 3.41. The van der Waals surface area contributed by atoms with Gasteiger partial charge in [0.05, 0.1) is 44.2 Å². The second kappa shape index (κ2) is 16.3. The smallest absolute Gasteiger partial charge is 0.310 e. The quantitative estimate of drug-likeness (QED) is 0.240. The van der Waals surface area contributed by atoms with Crippen LogP contribution in [0.15, 0.2) is 0 Å². The Hall–Kier alpha value is -1.63. The largest absolute Gasteiger partial charge is 0.466 e. The van der Waals surface area contributed by atoms with E-state index in [2.05, 4.69) is 13.8 Å². The summed E-state index contributed by atoms with van der Waals surface area (Å²) in [5.41, 5.74) is 0. The van der Waals surface area contributed by atoms with Gasteiger partial charge in [0.1, 0.15) is 0 Å². The van der Waals surface area contributed by atoms with Crippen LogP contribution in [0.3, 0.4) is 0 Å². The molecule has 0 aromatic heterocycles. The van der Waals surface area contributed by atoms with E-state index < -0.39 is 35.8 Å². The minimum absolute atomic E-state index is 0.0246. The Morgan fingerprint density at radius 2 is 1.32 bits per heavy atom. The molecule has 0 aromatic carbocycles. The van der Waals surface area contributed by atoms with Crippen LogP contribution < -0.4 is 0 Å². The first-order chi connectivity index (χ1) is 13.3. The molecule has 164 valence electrons. The lowest BCUT2D eigenvalue weighted by atomic mass is 9.91. The molecule has 0 saturated heterocycles. The number of rotatable bonds is 16. The Kier molecular flexibility index (Phi) is 15.4. The number of carbonyl (C=O) groups excluding carboxylic acids is 3. The molecular formula is C21H38O7. The molecule has 7 heteroatoms. The maximum Gasteiger partial charge on any atom is 0.310 e. The van der Waals surface area contributed by atoms with Gasteiger partial charge in [-0.2, -0.15) is 0 Å². The number of carbonyl (C=O) groups is 3. The Bertz CT molecular complexity index is 448. The van der Waals surface area contributed by atoms with Crippen molar-refractivity contribution in [3.8, 4) is 0 Å². The van der Waals surface area contributed by atoms with E-state index in [1.807, 2.05) is 0 Å². The van der Waals surface area contributed by atoms with Gasteiger partial charge in [-0.05, 0) is 19.8 Å². The summed E-state index contributed by atoms with van der Waals surface area (Å²) in [7, 11) is 0. The molecule has 1 N–H and O–H groups in total. The lowest BCUT2D eigenvalue weighted by molar-refractivity contribution is -0.164. The molecule has 0 amide bonds. The van der Waals surface area contributed by atoms with E-state index in [-0.39, 0.29) is 19.4 Å². The summed E-state index contributed by atoms with van der Waals surface area (Å²) < 4.78 is 15.6. The third-order valence-corrected chi connectivity index (χ3v) is 4.45. The van der Waals surface area contributed by atoms with Crippen molar-refractivity contribution in [3.63, 3.8) is 0 Å². The molecule has 0 aliphatic carbocycles. The van der Waals surface area contributed by atoms with Crippen molar-refractivity contribution in [1.82, 2.24) is 0 Å². The van der Waals surface area contributed by atoms with Crippen LogP contribution in [0.2, 0.25) is 0 Å². The van der Waals surface area contributed by atoms with Gasteiger partial charge in [0.25, 0.3) is 0 Å². The average Bonchev–Trinajstić information content (AvgIpc) is 2.65. The summed E-state index contributed by atoms with van der Waals surface area (Å²) in [4.78, 5) is 36.8. The van der Waals surface area contributed by atoms with Crippen LogP contribution in [0.25, 0.3) is 0 Å². The topological polar surface area (TPSA) is 99.1 Å². The van der Waals surface area contributed by atoms with Crippen molar-refractivity contribution >= 4 is 17.9 Å². The lowest BCUT2D eigenvalue weighted by Gasteiger charge is -2.21. The van der Waals surface area contributed by atoms with Crippen molar-refractivity contribution in [3.05, 3.63) is 0 Å². The fourth-order valence-electron chi connectivity index (χ4n) is 2.50. The normalized spacial score (nSPS) is 14.0. The summed E-state index contributed by atoms with van der Waals surface area (Å²) in [5, 5.41) is 9.29. The van der Waals surface area contributed by atoms with Gasteiger partial charge >= 0.3 is 17.9 Å². The predicted molar refractivity (Wildman–Crippen MR) is 105 cm³/mol. The Morgan fingerprint density at radius 3 is 1.86 bits per heavy atom. The zero-order valence-corrected chi connectivity index (χ0v) is 17.9. The number of aliphatic hydroxyl groups is 1. The van der Waals surface area contributed by atoms with E-state index in [0.29, 0.717) is 13.2 Å². The molecule has 0 fully saturated rings. The van der Waals surface area contributed by atoms with Gasteiger partial charge in [-0.1, -0.05) is 46.5 Å². The average molecular weight is 403 g/mol. The summed E-state index contributed by atoms with van der Waals surface area (Å²) in [5.74, 6) is -3.48. The van der Waals surface area contributed by atoms with Crippen LogP contribution in [-0.4, -0.2) is 48.9 Å². The maximum atomic E-state index is 12.4. The lowest BCUT2D eigenvalue weighted by Crippen LogP contribution is -2.33. The Morgan fingerprint density at radius 1 is 0.786 bits per heavy atom. The highest BCUT2D eigenvalue weighted by Crippen LogP contribution is 2.21. The van der Waals surface area contributed by atoms with Gasteiger partial charge in [-0.25, -0.2) is 0 Å². The van der Waals surface area contributed by atoms with E-state index in [1.54, 1.807) is 13.8 Å². The number of hydrogen-bond acceptors (Lipinski definition) is 7. The van der Waals surface area contributed by atoms with Gasteiger partial charge in [0.15, 0.2) is 0 Å². The van der Waals surface area contributed by atoms with Crippen molar-refractivity contribution in [1.29, 1.82) is 0 Å². The monoisotopic (exact) mass is 402 g/mol. The summed E-state index contributed by atoms with van der Waals surface area (Å²) >= 11 is 0. The van der Waals surface area contributed by atoms with Crippen molar-refractivity contribution in [2.75, 3.05) is 19.8 Å². The minimum Gasteiger partial charge on any atom is -0.466 e. The van der Waals surface area contributed by atoms with Crippen LogP contribution in [0, 0.1) is 11.8 Å². The number of hydrogen-bond donors (Lipinski definition) is 1. The molecule has 0 rings (SSSR count). The summed E-state index contributed by atoms with van der Waals surface area (Å²) in [6.07, 6.45) is 4.91. The molecule has 0 aromatic rings. The van der Waals surface area contributed by atoms with E-state index in [1.165, 1.54) is 0 Å². The highest BCUT2D eigenvalue weighted by molar-refractivity contribution is 5.85. The number of esters is 3. The standard InChI is InChI=1S/C21H38O7/c1-5-7-9-12-26-19(23)15-18(21(25)28-14-11-16(3)22)17(4)20(24)27-13-10-8-6-2/h16-18,22H,5-15H2,1-4H3. The minimum atomic E-state index is -0.966. The van der Waals surface area contributed by atoms with E-state index in [0.717, 1.165) is 38.5 Å². The molecule has 0 spiro atoms. The highest BCUT2D eigenvalue weighted by atomic mass is 16.5. The van der Waals surface area contributed by atoms with Crippen LogP contribution in [0.5, 0.6) is 0 Å². The summed E-state index contributed by atoms with van der Waals surface area (Å²) in [6.45, 7) is 7.87. The van der Waals surface area contributed by atoms with Crippen molar-refractivity contribution in [2.45, 2.75) is 85.2 Å². The zero-order chi connectivity index (χ0) is 21.4. The Labute approximate surface area is 169 Å². The molecule has 3 unspecified atom stereocenters. The first-order valence-electron chi connectivity index (χ1n) is 10.5. The van der Waals surface area contributed by atoms with Crippen molar-refractivity contribution in [2.24, 2.45) is 11.8 Å². The fraction of sp³-hybridized carbons (Fsp3) is 0.857. The fourth-order valence-corrected chi connectivity index (χ4v) is 2.50. The molecule has 7 nitrogen and oxygen atoms in total. The molecule has 0 aliphatic rings. The highest BCUT2D eigenvalue weighted by Gasteiger charge is 2.35. The third kappa shape index (κ3) is 12.7. The van der Waals surface area contributed by atoms with Gasteiger partial charge < -0.3 is 19.3 Å².